The van der Waals surface area contributed by atoms with Gasteiger partial charge in [0.05, 0.1) is 11.8 Å². The van der Waals surface area contributed by atoms with Crippen molar-refractivity contribution in [2.75, 3.05) is 49.1 Å². The van der Waals surface area contributed by atoms with Crippen molar-refractivity contribution >= 4 is 17.5 Å². The van der Waals surface area contributed by atoms with E-state index in [1.54, 1.807) is 11.2 Å². The molecule has 2 aliphatic heterocycles. The largest absolute Gasteiger partial charge is 0.356 e. The van der Waals surface area contributed by atoms with Gasteiger partial charge in [-0.1, -0.05) is 0 Å². The van der Waals surface area contributed by atoms with Crippen LogP contribution in [0, 0.1) is 5.82 Å². The second-order valence-corrected chi connectivity index (χ2v) is 6.95. The molecule has 4 rings (SSSR count). The standard InChI is InChI=1S/C19H23FN6O/c20-16-10-15(12-21-13-16)19(27)26-8-6-25(7-9-26)18-11-17(22-14-23-18)24-4-2-1-3-5-24/h10-14H,1-9H2. The van der Waals surface area contributed by atoms with E-state index in [2.05, 4.69) is 24.8 Å². The Morgan fingerprint density at radius 2 is 1.52 bits per heavy atom. The third kappa shape index (κ3) is 3.99. The lowest BCUT2D eigenvalue weighted by Gasteiger charge is -2.36. The lowest BCUT2D eigenvalue weighted by atomic mass is 10.1. The number of carbonyl (C=O) groups is 1. The lowest BCUT2D eigenvalue weighted by molar-refractivity contribution is 0.0745. The van der Waals surface area contributed by atoms with E-state index < -0.39 is 5.82 Å². The highest BCUT2D eigenvalue weighted by atomic mass is 19.1. The van der Waals surface area contributed by atoms with E-state index in [9.17, 15) is 9.18 Å². The molecule has 0 aromatic carbocycles. The minimum Gasteiger partial charge on any atom is -0.356 e. The van der Waals surface area contributed by atoms with Gasteiger partial charge in [0.2, 0.25) is 0 Å². The number of anilines is 2. The van der Waals surface area contributed by atoms with Crippen molar-refractivity contribution in [3.8, 4) is 0 Å². The van der Waals surface area contributed by atoms with E-state index >= 15 is 0 Å². The molecule has 0 atom stereocenters. The van der Waals surface area contributed by atoms with Crippen molar-refractivity contribution in [3.63, 3.8) is 0 Å². The fourth-order valence-corrected chi connectivity index (χ4v) is 3.66. The first-order valence-corrected chi connectivity index (χ1v) is 9.42. The molecule has 0 radical (unpaired) electrons. The molecule has 0 aliphatic carbocycles. The van der Waals surface area contributed by atoms with Gasteiger partial charge in [0.1, 0.15) is 23.8 Å². The molecule has 0 unspecified atom stereocenters. The van der Waals surface area contributed by atoms with Crippen molar-refractivity contribution in [3.05, 3.63) is 42.2 Å². The van der Waals surface area contributed by atoms with Crippen LogP contribution in [0.4, 0.5) is 16.0 Å². The molecule has 0 N–H and O–H groups in total. The molecule has 2 aromatic heterocycles. The average Bonchev–Trinajstić information content (AvgIpc) is 2.74. The molecule has 27 heavy (non-hydrogen) atoms. The van der Waals surface area contributed by atoms with Crippen molar-refractivity contribution in [2.24, 2.45) is 0 Å². The van der Waals surface area contributed by atoms with Gasteiger partial charge in [0, 0.05) is 51.5 Å². The number of carbonyl (C=O) groups excluding carboxylic acids is 1. The summed E-state index contributed by atoms with van der Waals surface area (Å²) < 4.78 is 13.3. The molecule has 1 amide bonds. The molecule has 2 aliphatic rings. The van der Waals surface area contributed by atoms with Crippen LogP contribution in [0.15, 0.2) is 30.9 Å². The van der Waals surface area contributed by atoms with Crippen LogP contribution >= 0.6 is 0 Å². The van der Waals surface area contributed by atoms with E-state index in [-0.39, 0.29) is 11.5 Å². The van der Waals surface area contributed by atoms with Gasteiger partial charge in [0.25, 0.3) is 5.91 Å². The van der Waals surface area contributed by atoms with Crippen molar-refractivity contribution in [2.45, 2.75) is 19.3 Å². The summed E-state index contributed by atoms with van der Waals surface area (Å²) in [5.41, 5.74) is 0.290. The Kier molecular flexibility index (Phi) is 5.13. The van der Waals surface area contributed by atoms with Crippen molar-refractivity contribution < 1.29 is 9.18 Å². The van der Waals surface area contributed by atoms with Gasteiger partial charge < -0.3 is 14.7 Å². The van der Waals surface area contributed by atoms with Crippen LogP contribution in [0.1, 0.15) is 29.6 Å². The Balaban J connectivity index is 1.40. The molecule has 7 nitrogen and oxygen atoms in total. The fraction of sp³-hybridized carbons (Fsp3) is 0.474. The van der Waals surface area contributed by atoms with E-state index in [0.29, 0.717) is 26.2 Å². The van der Waals surface area contributed by atoms with E-state index in [4.69, 9.17) is 0 Å². The number of aromatic nitrogens is 3. The van der Waals surface area contributed by atoms with Crippen LogP contribution in [0.2, 0.25) is 0 Å². The zero-order chi connectivity index (χ0) is 18.6. The van der Waals surface area contributed by atoms with Crippen LogP contribution in [0.5, 0.6) is 0 Å². The predicted molar refractivity (Wildman–Crippen MR) is 100 cm³/mol. The van der Waals surface area contributed by atoms with Crippen molar-refractivity contribution in [1.82, 2.24) is 19.9 Å². The molecule has 2 saturated heterocycles. The topological polar surface area (TPSA) is 65.5 Å². The second-order valence-electron chi connectivity index (χ2n) is 6.95. The first kappa shape index (κ1) is 17.6. The van der Waals surface area contributed by atoms with Gasteiger partial charge >= 0.3 is 0 Å². The van der Waals surface area contributed by atoms with Crippen molar-refractivity contribution in [1.29, 1.82) is 0 Å². The number of hydrogen-bond acceptors (Lipinski definition) is 6. The maximum absolute atomic E-state index is 13.3. The minimum atomic E-state index is -0.495. The van der Waals surface area contributed by atoms with E-state index in [0.717, 1.165) is 30.9 Å². The zero-order valence-corrected chi connectivity index (χ0v) is 15.2. The van der Waals surface area contributed by atoms with Gasteiger partial charge in [-0.05, 0) is 25.3 Å². The molecule has 0 spiro atoms. The highest BCUT2D eigenvalue weighted by molar-refractivity contribution is 5.94. The number of amides is 1. The second kappa shape index (κ2) is 7.85. The lowest BCUT2D eigenvalue weighted by Crippen LogP contribution is -2.49. The Bertz CT molecular complexity index is 802. The molecule has 0 bridgehead atoms. The van der Waals surface area contributed by atoms with Crippen LogP contribution in [-0.4, -0.2) is 65.0 Å². The molecular formula is C19H23FN6O. The number of hydrogen-bond donors (Lipinski definition) is 0. The summed E-state index contributed by atoms with van der Waals surface area (Å²) in [4.78, 5) is 31.4. The predicted octanol–water partition coefficient (Wildman–Crippen LogP) is 1.96. The van der Waals surface area contributed by atoms with E-state index in [1.807, 2.05) is 6.07 Å². The van der Waals surface area contributed by atoms with Crippen LogP contribution in [0.25, 0.3) is 0 Å². The molecule has 8 heteroatoms. The number of nitrogens with zero attached hydrogens (tertiary/aromatic N) is 6. The summed E-state index contributed by atoms with van der Waals surface area (Å²) in [5.74, 6) is 1.19. The summed E-state index contributed by atoms with van der Waals surface area (Å²) in [6.45, 7) is 4.59. The summed E-state index contributed by atoms with van der Waals surface area (Å²) in [6.07, 6.45) is 7.82. The first-order chi connectivity index (χ1) is 13.2. The Labute approximate surface area is 157 Å². The van der Waals surface area contributed by atoms with Crippen LogP contribution in [0.3, 0.4) is 0 Å². The van der Waals surface area contributed by atoms with E-state index in [1.165, 1.54) is 31.5 Å². The first-order valence-electron chi connectivity index (χ1n) is 9.42. The number of piperazine rings is 1. The number of pyridine rings is 1. The Hall–Kier alpha value is -2.77. The SMILES string of the molecule is O=C(c1cncc(F)c1)N1CCN(c2cc(N3CCCCC3)ncn2)CC1. The minimum absolute atomic E-state index is 0.182. The third-order valence-electron chi connectivity index (χ3n) is 5.16. The average molecular weight is 370 g/mol. The van der Waals surface area contributed by atoms with Crippen LogP contribution in [-0.2, 0) is 0 Å². The summed E-state index contributed by atoms with van der Waals surface area (Å²) in [5, 5.41) is 0. The van der Waals surface area contributed by atoms with Gasteiger partial charge in [0.15, 0.2) is 0 Å². The monoisotopic (exact) mass is 370 g/mol. The van der Waals surface area contributed by atoms with Crippen LogP contribution < -0.4 is 9.80 Å². The quantitative estimate of drug-likeness (QED) is 0.823. The molecule has 2 fully saturated rings. The maximum Gasteiger partial charge on any atom is 0.255 e. The maximum atomic E-state index is 13.3. The molecular weight excluding hydrogens is 347 g/mol. The number of piperidine rings is 1. The smallest absolute Gasteiger partial charge is 0.255 e. The van der Waals surface area contributed by atoms with Gasteiger partial charge in [-0.15, -0.1) is 0 Å². The summed E-state index contributed by atoms with van der Waals surface area (Å²) in [7, 11) is 0. The highest BCUT2D eigenvalue weighted by Gasteiger charge is 2.24. The Morgan fingerprint density at radius 3 is 2.19 bits per heavy atom. The fourth-order valence-electron chi connectivity index (χ4n) is 3.66. The van der Waals surface area contributed by atoms with Gasteiger partial charge in [-0.25, -0.2) is 14.4 Å². The Morgan fingerprint density at radius 1 is 0.852 bits per heavy atom. The molecule has 4 heterocycles. The zero-order valence-electron chi connectivity index (χ0n) is 15.2. The van der Waals surface area contributed by atoms with Gasteiger partial charge in [-0.2, -0.15) is 0 Å². The number of rotatable bonds is 3. The normalized spacial score (nSPS) is 17.9. The highest BCUT2D eigenvalue weighted by Crippen LogP contribution is 2.22. The molecule has 2 aromatic rings. The number of halogens is 1. The third-order valence-corrected chi connectivity index (χ3v) is 5.16. The summed E-state index contributed by atoms with van der Waals surface area (Å²) in [6, 6.07) is 3.27. The van der Waals surface area contributed by atoms with Gasteiger partial charge in [-0.3, -0.25) is 9.78 Å². The summed E-state index contributed by atoms with van der Waals surface area (Å²) >= 11 is 0. The molecule has 0 saturated carbocycles. The molecule has 142 valence electrons.